The van der Waals surface area contributed by atoms with Crippen LogP contribution in [0, 0.1) is 0 Å². The molecule has 1 heterocycles. The van der Waals surface area contributed by atoms with Crippen LogP contribution < -0.4 is 0 Å². The molecular formula is C6H10N2O. The van der Waals surface area contributed by atoms with Crippen LogP contribution in [0.2, 0.25) is 0 Å². The van der Waals surface area contributed by atoms with E-state index in [0.717, 1.165) is 6.42 Å². The molecule has 0 fully saturated rings. The van der Waals surface area contributed by atoms with Crippen molar-refractivity contribution in [1.82, 2.24) is 0 Å². The fraction of sp³-hybridized carbons (Fsp3) is 0.667. The highest BCUT2D eigenvalue weighted by atomic mass is 16.5. The van der Waals surface area contributed by atoms with Crippen molar-refractivity contribution in [2.24, 2.45) is 10.2 Å². The van der Waals surface area contributed by atoms with E-state index in [1.165, 1.54) is 6.40 Å². The molecular weight excluding hydrogens is 116 g/mol. The molecule has 3 nitrogen and oxygen atoms in total. The summed E-state index contributed by atoms with van der Waals surface area (Å²) in [6.45, 7) is 4.02. The van der Waals surface area contributed by atoms with E-state index in [4.69, 9.17) is 4.74 Å². The Labute approximate surface area is 54.4 Å². The molecule has 0 aliphatic carbocycles. The molecule has 0 amide bonds. The molecule has 1 unspecified atom stereocenters. The van der Waals surface area contributed by atoms with E-state index >= 15 is 0 Å². The maximum atomic E-state index is 5.17. The van der Waals surface area contributed by atoms with Gasteiger partial charge in [0.2, 0.25) is 0 Å². The summed E-state index contributed by atoms with van der Waals surface area (Å²) in [5.74, 6) is 0. The first-order valence-electron chi connectivity index (χ1n) is 3.01. The molecule has 1 atom stereocenters. The van der Waals surface area contributed by atoms with Crippen LogP contribution in [0.15, 0.2) is 10.2 Å². The van der Waals surface area contributed by atoms with Crippen LogP contribution in [-0.2, 0) is 4.74 Å². The average Bonchev–Trinajstić information content (AvgIpc) is 1.90. The average molecular weight is 126 g/mol. The lowest BCUT2D eigenvalue weighted by Gasteiger charge is -2.22. The Bertz CT molecular complexity index is 153. The summed E-state index contributed by atoms with van der Waals surface area (Å²) in [4.78, 5) is 0. The molecule has 0 saturated heterocycles. The number of hydrogen-bond donors (Lipinski definition) is 0. The predicted molar refractivity (Wildman–Crippen MR) is 36.8 cm³/mol. The van der Waals surface area contributed by atoms with Crippen LogP contribution in [-0.4, -0.2) is 18.2 Å². The summed E-state index contributed by atoms with van der Waals surface area (Å²) < 4.78 is 5.17. The summed E-state index contributed by atoms with van der Waals surface area (Å²) in [6, 6.07) is 0. The van der Waals surface area contributed by atoms with E-state index < -0.39 is 0 Å². The van der Waals surface area contributed by atoms with Gasteiger partial charge in [0.1, 0.15) is 5.60 Å². The van der Waals surface area contributed by atoms with Crippen LogP contribution in [0.4, 0.5) is 0 Å². The zero-order valence-corrected chi connectivity index (χ0v) is 5.66. The number of hydrogen-bond acceptors (Lipinski definition) is 3. The van der Waals surface area contributed by atoms with Crippen molar-refractivity contribution in [2.45, 2.75) is 25.9 Å². The Morgan fingerprint density at radius 1 is 1.56 bits per heavy atom. The molecule has 0 bridgehead atoms. The van der Waals surface area contributed by atoms with Gasteiger partial charge in [-0.1, -0.05) is 6.92 Å². The standard InChI is InChI=1S/C6H10N2O/c1-3-6(2)4-7-8-5-9-6/h4-5H,3H2,1-2H3. The van der Waals surface area contributed by atoms with E-state index in [-0.39, 0.29) is 5.60 Å². The minimum absolute atomic E-state index is 0.220. The number of nitrogens with zero attached hydrogens (tertiary/aromatic N) is 2. The quantitative estimate of drug-likeness (QED) is 0.519. The smallest absolute Gasteiger partial charge is 0.196 e. The zero-order chi connectivity index (χ0) is 6.74. The van der Waals surface area contributed by atoms with Crippen LogP contribution >= 0.6 is 0 Å². The molecule has 50 valence electrons. The third-order valence-corrected chi connectivity index (χ3v) is 1.47. The van der Waals surface area contributed by atoms with Gasteiger partial charge in [0, 0.05) is 0 Å². The Morgan fingerprint density at radius 2 is 2.33 bits per heavy atom. The topological polar surface area (TPSA) is 34.0 Å². The lowest BCUT2D eigenvalue weighted by molar-refractivity contribution is 0.153. The van der Waals surface area contributed by atoms with E-state index in [1.807, 2.05) is 13.8 Å². The Morgan fingerprint density at radius 3 is 2.67 bits per heavy atom. The van der Waals surface area contributed by atoms with Gasteiger partial charge in [0.15, 0.2) is 6.40 Å². The van der Waals surface area contributed by atoms with Gasteiger partial charge >= 0.3 is 0 Å². The molecule has 3 heteroatoms. The Hall–Kier alpha value is -0.860. The van der Waals surface area contributed by atoms with Gasteiger partial charge in [-0.25, -0.2) is 0 Å². The highest BCUT2D eigenvalue weighted by Crippen LogP contribution is 2.12. The van der Waals surface area contributed by atoms with Crippen LogP contribution in [0.25, 0.3) is 0 Å². The molecule has 1 aliphatic rings. The van der Waals surface area contributed by atoms with Gasteiger partial charge in [0.05, 0.1) is 6.21 Å². The third-order valence-electron chi connectivity index (χ3n) is 1.47. The van der Waals surface area contributed by atoms with Crippen molar-refractivity contribution in [3.05, 3.63) is 0 Å². The zero-order valence-electron chi connectivity index (χ0n) is 5.66. The summed E-state index contributed by atoms with van der Waals surface area (Å²) in [7, 11) is 0. The lowest BCUT2D eigenvalue weighted by Crippen LogP contribution is -2.30. The fourth-order valence-electron chi connectivity index (χ4n) is 0.532. The highest BCUT2D eigenvalue weighted by molar-refractivity contribution is 5.72. The number of ether oxygens (including phenoxy) is 1. The van der Waals surface area contributed by atoms with Gasteiger partial charge in [-0.2, -0.15) is 5.10 Å². The highest BCUT2D eigenvalue weighted by Gasteiger charge is 2.21. The van der Waals surface area contributed by atoms with Crippen molar-refractivity contribution < 1.29 is 4.74 Å². The molecule has 1 rings (SSSR count). The van der Waals surface area contributed by atoms with E-state index in [9.17, 15) is 0 Å². The second kappa shape index (κ2) is 2.17. The first-order valence-corrected chi connectivity index (χ1v) is 3.01. The van der Waals surface area contributed by atoms with Gasteiger partial charge in [-0.05, 0) is 13.3 Å². The van der Waals surface area contributed by atoms with Crippen molar-refractivity contribution in [3.63, 3.8) is 0 Å². The van der Waals surface area contributed by atoms with Crippen molar-refractivity contribution in [2.75, 3.05) is 0 Å². The minimum atomic E-state index is -0.220. The first-order chi connectivity index (χ1) is 4.27. The summed E-state index contributed by atoms with van der Waals surface area (Å²) in [6.07, 6.45) is 4.01. The lowest BCUT2D eigenvalue weighted by atomic mass is 10.1. The first kappa shape index (κ1) is 6.26. The molecule has 1 aliphatic heterocycles. The van der Waals surface area contributed by atoms with Crippen LogP contribution in [0.3, 0.4) is 0 Å². The molecule has 0 spiro atoms. The van der Waals surface area contributed by atoms with Gasteiger partial charge in [-0.3, -0.25) is 0 Å². The van der Waals surface area contributed by atoms with E-state index in [0.29, 0.717) is 0 Å². The van der Waals surface area contributed by atoms with Crippen LogP contribution in [0.1, 0.15) is 20.3 Å². The normalized spacial score (nSPS) is 32.2. The SMILES string of the molecule is CCC1(C)C=NN=CO1. The molecule has 0 aromatic rings. The fourth-order valence-corrected chi connectivity index (χ4v) is 0.532. The van der Waals surface area contributed by atoms with Gasteiger partial charge in [-0.15, -0.1) is 5.10 Å². The molecule has 0 radical (unpaired) electrons. The van der Waals surface area contributed by atoms with Crippen LogP contribution in [0.5, 0.6) is 0 Å². The summed E-state index contributed by atoms with van der Waals surface area (Å²) in [5, 5.41) is 7.26. The maximum Gasteiger partial charge on any atom is 0.196 e. The van der Waals surface area contributed by atoms with Crippen molar-refractivity contribution in [1.29, 1.82) is 0 Å². The Balaban J connectivity index is 2.63. The molecule has 0 N–H and O–H groups in total. The minimum Gasteiger partial charge on any atom is -0.470 e. The third kappa shape index (κ3) is 1.28. The molecule has 0 aromatic heterocycles. The number of rotatable bonds is 1. The summed E-state index contributed by atoms with van der Waals surface area (Å²) in [5.41, 5.74) is -0.220. The molecule has 0 saturated carbocycles. The predicted octanol–water partition coefficient (Wildman–Crippen LogP) is 1.20. The molecule has 0 aromatic carbocycles. The monoisotopic (exact) mass is 126 g/mol. The van der Waals surface area contributed by atoms with Gasteiger partial charge in [0.25, 0.3) is 0 Å². The maximum absolute atomic E-state index is 5.17. The van der Waals surface area contributed by atoms with Crippen molar-refractivity contribution in [3.8, 4) is 0 Å². The Kier molecular flexibility index (Phi) is 1.51. The summed E-state index contributed by atoms with van der Waals surface area (Å²) >= 11 is 0. The second-order valence-corrected chi connectivity index (χ2v) is 2.25. The van der Waals surface area contributed by atoms with E-state index in [2.05, 4.69) is 10.2 Å². The molecule has 9 heavy (non-hydrogen) atoms. The van der Waals surface area contributed by atoms with Gasteiger partial charge < -0.3 is 4.74 Å². The van der Waals surface area contributed by atoms with E-state index in [1.54, 1.807) is 6.21 Å². The second-order valence-electron chi connectivity index (χ2n) is 2.25. The van der Waals surface area contributed by atoms with Crippen molar-refractivity contribution >= 4 is 12.6 Å². The largest absolute Gasteiger partial charge is 0.470 e.